The van der Waals surface area contributed by atoms with Crippen LogP contribution in [0.5, 0.6) is 11.5 Å². The Labute approximate surface area is 155 Å². The van der Waals surface area contributed by atoms with E-state index in [4.69, 9.17) is 9.47 Å². The highest BCUT2D eigenvalue weighted by molar-refractivity contribution is 5.82. The van der Waals surface area contributed by atoms with Crippen LogP contribution in [0.3, 0.4) is 0 Å². The molecule has 27 heavy (non-hydrogen) atoms. The Morgan fingerprint density at radius 1 is 1.26 bits per heavy atom. The minimum Gasteiger partial charge on any atom is -0.454 e. The molecule has 1 saturated heterocycles. The monoisotopic (exact) mass is 368 g/mol. The second-order valence-corrected chi connectivity index (χ2v) is 7.17. The number of rotatable bonds is 3. The van der Waals surface area contributed by atoms with Crippen molar-refractivity contribution in [3.05, 3.63) is 29.5 Å². The van der Waals surface area contributed by atoms with Gasteiger partial charge >= 0.3 is 0 Å². The number of fused-ring (bicyclic) bond motifs is 2. The number of carbonyl (C=O) groups excluding carboxylic acids is 2. The zero-order valence-corrected chi connectivity index (χ0v) is 14.8. The van der Waals surface area contributed by atoms with Crippen LogP contribution in [0.1, 0.15) is 30.5 Å². The van der Waals surface area contributed by atoms with Crippen LogP contribution in [0.15, 0.2) is 18.2 Å². The zero-order chi connectivity index (χ0) is 18.4. The summed E-state index contributed by atoms with van der Waals surface area (Å²) in [5.74, 6) is 1.56. The predicted octanol–water partition coefficient (Wildman–Crippen LogP) is 1.36. The van der Waals surface area contributed by atoms with Crippen molar-refractivity contribution < 1.29 is 19.1 Å². The molecule has 3 aliphatic rings. The molecule has 1 fully saturated rings. The molecule has 5 rings (SSSR count). The molecular formula is C19H20N4O4. The molecule has 0 saturated carbocycles. The van der Waals surface area contributed by atoms with Gasteiger partial charge in [-0.05, 0) is 24.6 Å². The fraction of sp³-hybridized carbons (Fsp3) is 0.421. The van der Waals surface area contributed by atoms with Crippen LogP contribution in [0.4, 0.5) is 0 Å². The third-order valence-corrected chi connectivity index (χ3v) is 5.44. The van der Waals surface area contributed by atoms with Crippen molar-refractivity contribution in [1.82, 2.24) is 20.4 Å². The number of ether oxygens (including phenoxy) is 2. The van der Waals surface area contributed by atoms with Gasteiger partial charge in [-0.1, -0.05) is 0 Å². The molecule has 2 N–H and O–H groups in total. The van der Waals surface area contributed by atoms with Crippen LogP contribution in [0.25, 0.3) is 11.3 Å². The third kappa shape index (κ3) is 2.90. The van der Waals surface area contributed by atoms with Gasteiger partial charge < -0.3 is 19.7 Å². The summed E-state index contributed by atoms with van der Waals surface area (Å²) in [5.41, 5.74) is 3.90. The van der Waals surface area contributed by atoms with Crippen molar-refractivity contribution >= 4 is 11.8 Å². The molecule has 8 nitrogen and oxygen atoms in total. The first kappa shape index (κ1) is 16.2. The van der Waals surface area contributed by atoms with Gasteiger partial charge in [0.1, 0.15) is 0 Å². The van der Waals surface area contributed by atoms with E-state index in [0.717, 1.165) is 41.1 Å². The number of hydrogen-bond donors (Lipinski definition) is 2. The number of aromatic nitrogens is 2. The number of nitrogens with one attached hydrogen (secondary N) is 2. The van der Waals surface area contributed by atoms with E-state index in [-0.39, 0.29) is 24.6 Å². The summed E-state index contributed by atoms with van der Waals surface area (Å²) < 4.78 is 10.8. The van der Waals surface area contributed by atoms with Gasteiger partial charge in [0.2, 0.25) is 18.6 Å². The summed E-state index contributed by atoms with van der Waals surface area (Å²) in [6.07, 6.45) is 2.35. The van der Waals surface area contributed by atoms with Crippen molar-refractivity contribution in [3.8, 4) is 22.8 Å². The van der Waals surface area contributed by atoms with E-state index in [2.05, 4.69) is 15.5 Å². The average molecular weight is 368 g/mol. The molecule has 1 aromatic heterocycles. The number of carbonyl (C=O) groups is 2. The van der Waals surface area contributed by atoms with E-state index >= 15 is 0 Å². The maximum Gasteiger partial charge on any atom is 0.231 e. The van der Waals surface area contributed by atoms with Crippen LogP contribution in [0.2, 0.25) is 0 Å². The van der Waals surface area contributed by atoms with Gasteiger partial charge in [0, 0.05) is 55.2 Å². The number of amides is 2. The first-order valence-corrected chi connectivity index (χ1v) is 9.20. The predicted molar refractivity (Wildman–Crippen MR) is 95.0 cm³/mol. The lowest BCUT2D eigenvalue weighted by Crippen LogP contribution is -2.39. The fourth-order valence-electron chi connectivity index (χ4n) is 3.96. The molecule has 0 radical (unpaired) electrons. The Kier molecular flexibility index (Phi) is 3.77. The first-order chi connectivity index (χ1) is 13.2. The van der Waals surface area contributed by atoms with Crippen LogP contribution in [0, 0.1) is 0 Å². The number of benzene rings is 1. The van der Waals surface area contributed by atoms with Gasteiger partial charge in [0.25, 0.3) is 0 Å². The molecule has 140 valence electrons. The second-order valence-electron chi connectivity index (χ2n) is 7.17. The summed E-state index contributed by atoms with van der Waals surface area (Å²) in [5, 5.41) is 10.5. The van der Waals surface area contributed by atoms with Crippen LogP contribution in [-0.2, 0) is 22.6 Å². The van der Waals surface area contributed by atoms with Crippen LogP contribution >= 0.6 is 0 Å². The van der Waals surface area contributed by atoms with E-state index in [0.29, 0.717) is 31.7 Å². The molecule has 1 atom stereocenters. The van der Waals surface area contributed by atoms with Crippen molar-refractivity contribution in [2.45, 2.75) is 38.3 Å². The topological polar surface area (TPSA) is 96.6 Å². The summed E-state index contributed by atoms with van der Waals surface area (Å²) in [4.78, 5) is 25.9. The lowest BCUT2D eigenvalue weighted by molar-refractivity contribution is -0.132. The number of aromatic amines is 1. The Morgan fingerprint density at radius 2 is 2.15 bits per heavy atom. The minimum atomic E-state index is -0.0379. The molecule has 0 bridgehead atoms. The molecule has 0 unspecified atom stereocenters. The minimum absolute atomic E-state index is 0.0358. The molecule has 4 heterocycles. The maximum atomic E-state index is 12.7. The van der Waals surface area contributed by atoms with Crippen molar-refractivity contribution in [1.29, 1.82) is 0 Å². The molecule has 0 aliphatic carbocycles. The maximum absolute atomic E-state index is 12.7. The standard InChI is InChI=1S/C19H20N4O4/c24-17-4-2-12(20-17)8-18(25)23-6-5-14-13(9-23)19(22-21-14)11-1-3-15-16(7-11)27-10-26-15/h1,3,7,12H,2,4-6,8-10H2,(H,20,24)(H,21,22)/t12-/m0/s1. The van der Waals surface area contributed by atoms with E-state index < -0.39 is 0 Å². The second kappa shape index (κ2) is 6.29. The normalized spacial score (nSPS) is 20.5. The third-order valence-electron chi connectivity index (χ3n) is 5.44. The number of hydrogen-bond acceptors (Lipinski definition) is 5. The Morgan fingerprint density at radius 3 is 3.00 bits per heavy atom. The van der Waals surface area contributed by atoms with Crippen molar-refractivity contribution in [2.75, 3.05) is 13.3 Å². The highest BCUT2D eigenvalue weighted by atomic mass is 16.7. The van der Waals surface area contributed by atoms with Gasteiger partial charge in [-0.3, -0.25) is 14.7 Å². The highest BCUT2D eigenvalue weighted by Gasteiger charge is 2.29. The smallest absolute Gasteiger partial charge is 0.231 e. The SMILES string of the molecule is O=C1CC[C@@H](CC(=O)N2CCc3[nH]nc(-c4ccc5c(c4)OCO5)c3C2)N1. The summed E-state index contributed by atoms with van der Waals surface area (Å²) in [6, 6.07) is 5.73. The van der Waals surface area contributed by atoms with E-state index in [9.17, 15) is 9.59 Å². The molecular weight excluding hydrogens is 348 g/mol. The van der Waals surface area contributed by atoms with E-state index in [1.54, 1.807) is 0 Å². The Balaban J connectivity index is 1.35. The summed E-state index contributed by atoms with van der Waals surface area (Å²) in [6.45, 7) is 1.42. The Bertz CT molecular complexity index is 922. The summed E-state index contributed by atoms with van der Waals surface area (Å²) in [7, 11) is 0. The van der Waals surface area contributed by atoms with E-state index in [1.807, 2.05) is 23.1 Å². The molecule has 2 amide bonds. The van der Waals surface area contributed by atoms with Crippen LogP contribution < -0.4 is 14.8 Å². The largest absolute Gasteiger partial charge is 0.454 e. The van der Waals surface area contributed by atoms with Gasteiger partial charge in [0.05, 0.1) is 5.69 Å². The molecule has 8 heteroatoms. The Hall–Kier alpha value is -3.03. The molecule has 3 aliphatic heterocycles. The van der Waals surface area contributed by atoms with Gasteiger partial charge in [-0.15, -0.1) is 0 Å². The highest BCUT2D eigenvalue weighted by Crippen LogP contribution is 2.37. The molecule has 0 spiro atoms. The van der Waals surface area contributed by atoms with Gasteiger partial charge in [-0.25, -0.2) is 0 Å². The number of nitrogens with zero attached hydrogens (tertiary/aromatic N) is 2. The quantitative estimate of drug-likeness (QED) is 0.853. The lowest BCUT2D eigenvalue weighted by Gasteiger charge is -2.28. The summed E-state index contributed by atoms with van der Waals surface area (Å²) >= 11 is 0. The number of H-pyrrole nitrogens is 1. The van der Waals surface area contributed by atoms with Crippen molar-refractivity contribution in [2.24, 2.45) is 0 Å². The van der Waals surface area contributed by atoms with Gasteiger partial charge in [-0.2, -0.15) is 5.10 Å². The average Bonchev–Trinajstić information content (AvgIpc) is 3.39. The lowest BCUT2D eigenvalue weighted by atomic mass is 10.00. The van der Waals surface area contributed by atoms with Crippen LogP contribution in [-0.4, -0.2) is 46.3 Å². The van der Waals surface area contributed by atoms with E-state index in [1.165, 1.54) is 0 Å². The fourth-order valence-corrected chi connectivity index (χ4v) is 3.96. The van der Waals surface area contributed by atoms with Crippen molar-refractivity contribution in [3.63, 3.8) is 0 Å². The first-order valence-electron chi connectivity index (χ1n) is 9.20. The molecule has 2 aromatic rings. The zero-order valence-electron chi connectivity index (χ0n) is 14.8. The van der Waals surface area contributed by atoms with Gasteiger partial charge in [0.15, 0.2) is 11.5 Å². The molecule has 1 aromatic carbocycles.